The summed E-state index contributed by atoms with van der Waals surface area (Å²) < 4.78 is 18.1. The van der Waals surface area contributed by atoms with Gasteiger partial charge in [0.1, 0.15) is 5.82 Å². The first-order chi connectivity index (χ1) is 8.24. The normalized spacial score (nSPS) is 15.8. The van der Waals surface area contributed by atoms with Crippen molar-refractivity contribution in [2.24, 2.45) is 0 Å². The Morgan fingerprint density at radius 2 is 2.18 bits per heavy atom. The van der Waals surface area contributed by atoms with Crippen LogP contribution in [0.15, 0.2) is 22.7 Å². The molecule has 0 bridgehead atoms. The molecule has 3 rings (SSSR count). The lowest BCUT2D eigenvalue weighted by Crippen LogP contribution is -2.10. The van der Waals surface area contributed by atoms with E-state index in [-0.39, 0.29) is 5.82 Å². The molecule has 1 saturated carbocycles. The van der Waals surface area contributed by atoms with Crippen LogP contribution < -0.4 is 5.73 Å². The van der Waals surface area contributed by atoms with Crippen molar-refractivity contribution >= 4 is 5.69 Å². The van der Waals surface area contributed by atoms with Crippen molar-refractivity contribution in [2.45, 2.75) is 25.2 Å². The second kappa shape index (κ2) is 3.84. The van der Waals surface area contributed by atoms with E-state index in [0.29, 0.717) is 23.1 Å². The van der Waals surface area contributed by atoms with E-state index in [1.54, 1.807) is 6.07 Å². The lowest BCUT2D eigenvalue weighted by atomic mass is 9.85. The van der Waals surface area contributed by atoms with Crippen molar-refractivity contribution < 1.29 is 8.91 Å². The predicted octanol–water partition coefficient (Wildman–Crippen LogP) is 2.73. The first-order valence-electron chi connectivity index (χ1n) is 5.63. The summed E-state index contributed by atoms with van der Waals surface area (Å²) in [6.45, 7) is 0. The van der Waals surface area contributed by atoms with Gasteiger partial charge in [-0.1, -0.05) is 11.6 Å². The Bertz CT molecular complexity index is 548. The van der Waals surface area contributed by atoms with Crippen LogP contribution in [0.3, 0.4) is 0 Å². The average Bonchev–Trinajstić information content (AvgIpc) is 2.64. The van der Waals surface area contributed by atoms with Gasteiger partial charge in [-0.05, 0) is 31.0 Å². The molecule has 0 unspecified atom stereocenters. The van der Waals surface area contributed by atoms with Crippen molar-refractivity contribution in [3.8, 4) is 11.5 Å². The molecule has 4 nitrogen and oxygen atoms in total. The van der Waals surface area contributed by atoms with E-state index in [1.807, 2.05) is 0 Å². The number of rotatable bonds is 2. The lowest BCUT2D eigenvalue weighted by molar-refractivity contribution is 0.366. The highest BCUT2D eigenvalue weighted by Crippen LogP contribution is 2.36. The molecule has 2 aromatic rings. The van der Waals surface area contributed by atoms with Gasteiger partial charge in [0.25, 0.3) is 5.89 Å². The van der Waals surface area contributed by atoms with E-state index in [2.05, 4.69) is 10.1 Å². The van der Waals surface area contributed by atoms with Gasteiger partial charge in [0.05, 0.1) is 5.56 Å². The minimum absolute atomic E-state index is 0.314. The molecular formula is C12H12FN3O. The Morgan fingerprint density at radius 3 is 2.82 bits per heavy atom. The molecule has 1 fully saturated rings. The van der Waals surface area contributed by atoms with E-state index in [1.165, 1.54) is 18.6 Å². The molecule has 17 heavy (non-hydrogen) atoms. The minimum atomic E-state index is -0.370. The molecule has 0 atom stereocenters. The van der Waals surface area contributed by atoms with E-state index in [0.717, 1.165) is 18.7 Å². The predicted molar refractivity (Wildman–Crippen MR) is 60.7 cm³/mol. The van der Waals surface area contributed by atoms with Crippen molar-refractivity contribution in [2.75, 3.05) is 5.73 Å². The van der Waals surface area contributed by atoms with Gasteiger partial charge in [-0.3, -0.25) is 0 Å². The zero-order valence-electron chi connectivity index (χ0n) is 9.19. The molecule has 0 radical (unpaired) electrons. The highest BCUT2D eigenvalue weighted by molar-refractivity contribution is 5.70. The van der Waals surface area contributed by atoms with Crippen molar-refractivity contribution in [3.63, 3.8) is 0 Å². The quantitative estimate of drug-likeness (QED) is 0.810. The third-order valence-corrected chi connectivity index (χ3v) is 3.16. The second-order valence-electron chi connectivity index (χ2n) is 4.32. The van der Waals surface area contributed by atoms with Gasteiger partial charge < -0.3 is 10.3 Å². The van der Waals surface area contributed by atoms with E-state index >= 15 is 0 Å². The van der Waals surface area contributed by atoms with Gasteiger partial charge in [-0.2, -0.15) is 4.98 Å². The molecule has 0 amide bonds. The van der Waals surface area contributed by atoms with Gasteiger partial charge >= 0.3 is 0 Å². The number of benzene rings is 1. The number of nitrogens with two attached hydrogens (primary N) is 1. The lowest BCUT2D eigenvalue weighted by Gasteiger charge is -2.20. The molecule has 88 valence electrons. The summed E-state index contributed by atoms with van der Waals surface area (Å²) >= 11 is 0. The summed E-state index contributed by atoms with van der Waals surface area (Å²) in [4.78, 5) is 4.31. The fraction of sp³-hybridized carbons (Fsp3) is 0.333. The Balaban J connectivity index is 1.94. The number of nitrogens with zero attached hydrogens (tertiary/aromatic N) is 2. The maximum absolute atomic E-state index is 12.9. The third-order valence-electron chi connectivity index (χ3n) is 3.16. The molecule has 1 aromatic heterocycles. The van der Waals surface area contributed by atoms with E-state index < -0.39 is 0 Å². The molecule has 1 aliphatic carbocycles. The number of aromatic nitrogens is 2. The molecule has 1 aromatic carbocycles. The van der Waals surface area contributed by atoms with Crippen LogP contribution in [0, 0.1) is 5.82 Å². The monoisotopic (exact) mass is 233 g/mol. The highest BCUT2D eigenvalue weighted by Gasteiger charge is 2.25. The van der Waals surface area contributed by atoms with Crippen LogP contribution in [-0.2, 0) is 0 Å². The number of hydrogen-bond acceptors (Lipinski definition) is 4. The Hall–Kier alpha value is -1.91. The largest absolute Gasteiger partial charge is 0.398 e. The van der Waals surface area contributed by atoms with Gasteiger partial charge in [0, 0.05) is 11.6 Å². The van der Waals surface area contributed by atoms with Crippen LogP contribution in [0.5, 0.6) is 0 Å². The van der Waals surface area contributed by atoms with E-state index in [4.69, 9.17) is 10.3 Å². The second-order valence-corrected chi connectivity index (χ2v) is 4.32. The molecule has 1 heterocycles. The maximum Gasteiger partial charge on any atom is 0.260 e. The fourth-order valence-electron chi connectivity index (χ4n) is 1.90. The number of anilines is 1. The first-order valence-corrected chi connectivity index (χ1v) is 5.63. The topological polar surface area (TPSA) is 64.9 Å². The molecule has 0 saturated heterocycles. The SMILES string of the molecule is Nc1cc(F)ccc1-c1nc(C2CCC2)no1. The van der Waals surface area contributed by atoms with Gasteiger partial charge in [-0.25, -0.2) is 4.39 Å². The summed E-state index contributed by atoms with van der Waals surface area (Å²) in [7, 11) is 0. The van der Waals surface area contributed by atoms with Crippen molar-refractivity contribution in [3.05, 3.63) is 29.8 Å². The third kappa shape index (κ3) is 1.77. The van der Waals surface area contributed by atoms with Crippen LogP contribution in [-0.4, -0.2) is 10.1 Å². The van der Waals surface area contributed by atoms with Crippen LogP contribution in [0.4, 0.5) is 10.1 Å². The smallest absolute Gasteiger partial charge is 0.260 e. The number of hydrogen-bond donors (Lipinski definition) is 1. The van der Waals surface area contributed by atoms with E-state index in [9.17, 15) is 4.39 Å². The zero-order valence-corrected chi connectivity index (χ0v) is 9.19. The first kappa shape index (κ1) is 10.3. The molecule has 0 spiro atoms. The van der Waals surface area contributed by atoms with Crippen LogP contribution in [0.25, 0.3) is 11.5 Å². The standard InChI is InChI=1S/C12H12FN3O/c13-8-4-5-9(10(14)6-8)12-15-11(16-17-12)7-2-1-3-7/h4-7H,1-3,14H2. The molecular weight excluding hydrogens is 221 g/mol. The summed E-state index contributed by atoms with van der Waals surface area (Å²) in [6, 6.07) is 4.14. The summed E-state index contributed by atoms with van der Waals surface area (Å²) in [5.74, 6) is 1.14. The Labute approximate surface area is 97.6 Å². The van der Waals surface area contributed by atoms with Gasteiger partial charge in [0.2, 0.25) is 0 Å². The summed E-state index contributed by atoms with van der Waals surface area (Å²) in [5, 5.41) is 3.94. The number of nitrogen functional groups attached to an aromatic ring is 1. The van der Waals surface area contributed by atoms with Crippen LogP contribution in [0.2, 0.25) is 0 Å². The highest BCUT2D eigenvalue weighted by atomic mass is 19.1. The van der Waals surface area contributed by atoms with Crippen molar-refractivity contribution in [1.29, 1.82) is 0 Å². The Kier molecular flexibility index (Phi) is 2.31. The Morgan fingerprint density at radius 1 is 1.35 bits per heavy atom. The van der Waals surface area contributed by atoms with Gasteiger partial charge in [-0.15, -0.1) is 0 Å². The van der Waals surface area contributed by atoms with Crippen LogP contribution >= 0.6 is 0 Å². The molecule has 2 N–H and O–H groups in total. The fourth-order valence-corrected chi connectivity index (χ4v) is 1.90. The average molecular weight is 233 g/mol. The number of halogens is 1. The molecule has 5 heteroatoms. The summed E-state index contributed by atoms with van der Waals surface area (Å²) in [6.07, 6.45) is 3.43. The maximum atomic E-state index is 12.9. The van der Waals surface area contributed by atoms with Crippen LogP contribution in [0.1, 0.15) is 31.0 Å². The molecule has 1 aliphatic rings. The van der Waals surface area contributed by atoms with Gasteiger partial charge in [0.15, 0.2) is 5.82 Å². The minimum Gasteiger partial charge on any atom is -0.398 e. The molecule has 0 aliphatic heterocycles. The summed E-state index contributed by atoms with van der Waals surface area (Å²) in [5.41, 5.74) is 6.62. The van der Waals surface area contributed by atoms with Crippen molar-refractivity contribution in [1.82, 2.24) is 10.1 Å². The zero-order chi connectivity index (χ0) is 11.8.